The number of fused-ring (bicyclic) bond motifs is 1. The minimum atomic E-state index is 0.196. The van der Waals surface area contributed by atoms with Crippen molar-refractivity contribution in [3.8, 4) is 5.75 Å². The van der Waals surface area contributed by atoms with Crippen molar-refractivity contribution in [1.29, 1.82) is 0 Å². The number of aryl methyl sites for hydroxylation is 1. The van der Waals surface area contributed by atoms with Crippen LogP contribution in [0.25, 0.3) is 0 Å². The van der Waals surface area contributed by atoms with Crippen molar-refractivity contribution in [2.45, 2.75) is 31.7 Å². The Balaban J connectivity index is 1.71. The third kappa shape index (κ3) is 4.47. The Labute approximate surface area is 121 Å². The average Bonchev–Trinajstić information content (AvgIpc) is 2.46. The molecule has 1 aliphatic rings. The van der Waals surface area contributed by atoms with E-state index in [9.17, 15) is 0 Å². The van der Waals surface area contributed by atoms with Crippen LogP contribution >= 0.6 is 0 Å². The molecule has 4 heteroatoms. The number of hydrogen-bond acceptors (Lipinski definition) is 4. The molecule has 0 fully saturated rings. The van der Waals surface area contributed by atoms with Crippen LogP contribution in [0.5, 0.6) is 5.75 Å². The zero-order valence-corrected chi connectivity index (χ0v) is 12.3. The summed E-state index contributed by atoms with van der Waals surface area (Å²) >= 11 is 0. The van der Waals surface area contributed by atoms with Crippen molar-refractivity contribution >= 4 is 0 Å². The Kier molecular flexibility index (Phi) is 6.30. The Morgan fingerprint density at radius 1 is 1.20 bits per heavy atom. The molecule has 4 nitrogen and oxygen atoms in total. The second-order valence-electron chi connectivity index (χ2n) is 5.17. The zero-order chi connectivity index (χ0) is 14.2. The van der Waals surface area contributed by atoms with Gasteiger partial charge in [0, 0.05) is 26.2 Å². The van der Waals surface area contributed by atoms with E-state index < -0.39 is 0 Å². The van der Waals surface area contributed by atoms with Crippen molar-refractivity contribution < 1.29 is 14.2 Å². The van der Waals surface area contributed by atoms with Crippen molar-refractivity contribution in [2.24, 2.45) is 5.73 Å². The molecule has 2 rings (SSSR count). The monoisotopic (exact) mass is 279 g/mol. The minimum Gasteiger partial charge on any atom is -0.493 e. The molecule has 0 spiro atoms. The quantitative estimate of drug-likeness (QED) is 0.743. The third-order valence-electron chi connectivity index (χ3n) is 3.61. The lowest BCUT2D eigenvalue weighted by Gasteiger charge is -2.22. The molecular weight excluding hydrogens is 254 g/mol. The lowest BCUT2D eigenvalue weighted by atomic mass is 9.88. The van der Waals surface area contributed by atoms with Gasteiger partial charge < -0.3 is 19.9 Å². The molecule has 1 aromatic carbocycles. The molecule has 0 amide bonds. The van der Waals surface area contributed by atoms with Crippen LogP contribution in [-0.2, 0) is 15.9 Å². The Morgan fingerprint density at radius 3 is 2.95 bits per heavy atom. The summed E-state index contributed by atoms with van der Waals surface area (Å²) in [6, 6.07) is 6.47. The van der Waals surface area contributed by atoms with E-state index in [4.69, 9.17) is 19.9 Å². The molecule has 1 atom stereocenters. The minimum absolute atomic E-state index is 0.196. The summed E-state index contributed by atoms with van der Waals surface area (Å²) in [5.41, 5.74) is 8.74. The molecule has 0 aromatic heterocycles. The van der Waals surface area contributed by atoms with Crippen molar-refractivity contribution in [1.82, 2.24) is 0 Å². The molecular formula is C16H25NO3. The predicted octanol–water partition coefficient (Wildman–Crippen LogP) is 2.45. The van der Waals surface area contributed by atoms with Gasteiger partial charge in [0.15, 0.2) is 0 Å². The number of nitrogens with two attached hydrogens (primary N) is 1. The molecule has 0 radical (unpaired) electrons. The standard InChI is InChI=1S/C16H25NO3/c1-18-10-11-19-8-3-9-20-14-6-7-15-13(12-14)4-2-5-16(15)17/h6-7,12,16H,2-5,8-11,17H2,1H3. The van der Waals surface area contributed by atoms with Crippen LogP contribution in [-0.4, -0.2) is 33.5 Å². The topological polar surface area (TPSA) is 53.7 Å². The van der Waals surface area contributed by atoms with E-state index in [1.165, 1.54) is 17.5 Å². The molecule has 20 heavy (non-hydrogen) atoms. The zero-order valence-electron chi connectivity index (χ0n) is 12.3. The summed E-state index contributed by atoms with van der Waals surface area (Å²) < 4.78 is 16.1. The molecule has 1 unspecified atom stereocenters. The van der Waals surface area contributed by atoms with Gasteiger partial charge in [0.2, 0.25) is 0 Å². The number of benzene rings is 1. The lowest BCUT2D eigenvalue weighted by molar-refractivity contribution is 0.0644. The van der Waals surface area contributed by atoms with E-state index >= 15 is 0 Å². The Bertz CT molecular complexity index is 409. The molecule has 1 aliphatic carbocycles. The molecule has 0 bridgehead atoms. The normalized spacial score (nSPS) is 17.8. The fraction of sp³-hybridized carbons (Fsp3) is 0.625. The molecule has 0 saturated carbocycles. The number of ether oxygens (including phenoxy) is 3. The molecule has 1 aromatic rings. The highest BCUT2D eigenvalue weighted by Crippen LogP contribution is 2.30. The van der Waals surface area contributed by atoms with Gasteiger partial charge >= 0.3 is 0 Å². The predicted molar refractivity (Wildman–Crippen MR) is 79.1 cm³/mol. The van der Waals surface area contributed by atoms with E-state index in [0.717, 1.165) is 25.0 Å². The van der Waals surface area contributed by atoms with Gasteiger partial charge in [0.25, 0.3) is 0 Å². The number of methoxy groups -OCH3 is 1. The number of rotatable bonds is 8. The third-order valence-corrected chi connectivity index (χ3v) is 3.61. The summed E-state index contributed by atoms with van der Waals surface area (Å²) in [5.74, 6) is 0.940. The van der Waals surface area contributed by atoms with Gasteiger partial charge in [-0.3, -0.25) is 0 Å². The van der Waals surface area contributed by atoms with Crippen molar-refractivity contribution in [3.05, 3.63) is 29.3 Å². The number of hydrogen-bond donors (Lipinski definition) is 1. The van der Waals surface area contributed by atoms with Crippen LogP contribution in [0, 0.1) is 0 Å². The van der Waals surface area contributed by atoms with Gasteiger partial charge in [0.05, 0.1) is 19.8 Å². The second-order valence-corrected chi connectivity index (χ2v) is 5.17. The molecule has 2 N–H and O–H groups in total. The summed E-state index contributed by atoms with van der Waals surface area (Å²) in [5, 5.41) is 0. The second kappa shape index (κ2) is 8.25. The fourth-order valence-electron chi connectivity index (χ4n) is 2.51. The summed E-state index contributed by atoms with van der Waals surface area (Å²) in [6.45, 7) is 2.68. The lowest BCUT2D eigenvalue weighted by Crippen LogP contribution is -2.17. The maximum Gasteiger partial charge on any atom is 0.119 e. The maximum atomic E-state index is 6.11. The molecule has 0 heterocycles. The molecule has 0 saturated heterocycles. The summed E-state index contributed by atoms with van der Waals surface area (Å²) in [7, 11) is 1.68. The first-order valence-electron chi connectivity index (χ1n) is 7.39. The summed E-state index contributed by atoms with van der Waals surface area (Å²) in [4.78, 5) is 0. The van der Waals surface area contributed by atoms with Gasteiger partial charge in [-0.25, -0.2) is 0 Å². The van der Waals surface area contributed by atoms with Gasteiger partial charge in [-0.15, -0.1) is 0 Å². The van der Waals surface area contributed by atoms with Crippen molar-refractivity contribution in [2.75, 3.05) is 33.5 Å². The van der Waals surface area contributed by atoms with E-state index in [1.807, 2.05) is 6.07 Å². The average molecular weight is 279 g/mol. The first-order valence-corrected chi connectivity index (χ1v) is 7.39. The smallest absolute Gasteiger partial charge is 0.119 e. The SMILES string of the molecule is COCCOCCCOc1ccc2c(c1)CCCC2N. The van der Waals surface area contributed by atoms with Gasteiger partial charge in [-0.05, 0) is 42.5 Å². The van der Waals surface area contributed by atoms with Crippen LogP contribution < -0.4 is 10.5 Å². The highest BCUT2D eigenvalue weighted by atomic mass is 16.5. The Hall–Kier alpha value is -1.10. The largest absolute Gasteiger partial charge is 0.493 e. The van der Waals surface area contributed by atoms with Crippen LogP contribution in [0.1, 0.15) is 36.4 Å². The van der Waals surface area contributed by atoms with Crippen molar-refractivity contribution in [3.63, 3.8) is 0 Å². The van der Waals surface area contributed by atoms with Gasteiger partial charge in [-0.2, -0.15) is 0 Å². The van der Waals surface area contributed by atoms with E-state index in [0.29, 0.717) is 26.4 Å². The first kappa shape index (κ1) is 15.3. The highest BCUT2D eigenvalue weighted by molar-refractivity contribution is 5.38. The van der Waals surface area contributed by atoms with E-state index in [1.54, 1.807) is 7.11 Å². The maximum absolute atomic E-state index is 6.11. The first-order chi connectivity index (χ1) is 9.81. The van der Waals surface area contributed by atoms with Crippen LogP contribution in [0.15, 0.2) is 18.2 Å². The van der Waals surface area contributed by atoms with Crippen LogP contribution in [0.2, 0.25) is 0 Å². The van der Waals surface area contributed by atoms with Crippen LogP contribution in [0.3, 0.4) is 0 Å². The fourth-order valence-corrected chi connectivity index (χ4v) is 2.51. The van der Waals surface area contributed by atoms with Gasteiger partial charge in [0.1, 0.15) is 5.75 Å². The molecule has 112 valence electrons. The highest BCUT2D eigenvalue weighted by Gasteiger charge is 2.16. The molecule has 0 aliphatic heterocycles. The van der Waals surface area contributed by atoms with Gasteiger partial charge in [-0.1, -0.05) is 6.07 Å². The van der Waals surface area contributed by atoms with Crippen LogP contribution in [0.4, 0.5) is 0 Å². The Morgan fingerprint density at radius 2 is 2.10 bits per heavy atom. The summed E-state index contributed by atoms with van der Waals surface area (Å²) in [6.07, 6.45) is 4.26. The van der Waals surface area contributed by atoms with E-state index in [2.05, 4.69) is 12.1 Å². The van der Waals surface area contributed by atoms with E-state index in [-0.39, 0.29) is 6.04 Å².